The van der Waals surface area contributed by atoms with Gasteiger partial charge in [-0.1, -0.05) is 0 Å². The zero-order valence-corrected chi connectivity index (χ0v) is 6.37. The highest BCUT2D eigenvalue weighted by Gasteiger charge is 2.29. The third-order valence-electron chi connectivity index (χ3n) is 1.71. The van der Waals surface area contributed by atoms with Crippen LogP contribution in [-0.2, 0) is 14.4 Å². The first-order valence-electron chi connectivity index (χ1n) is 3.63. The Morgan fingerprint density at radius 2 is 2.25 bits per heavy atom. The van der Waals surface area contributed by atoms with Gasteiger partial charge in [-0.25, -0.2) is 0 Å². The summed E-state index contributed by atoms with van der Waals surface area (Å²) >= 11 is 0. The molecular formula is C7H9NO4. The molecule has 0 bridgehead atoms. The summed E-state index contributed by atoms with van der Waals surface area (Å²) in [4.78, 5) is 31.7. The molecule has 1 atom stereocenters. The van der Waals surface area contributed by atoms with Crippen LogP contribution in [0.3, 0.4) is 0 Å². The van der Waals surface area contributed by atoms with Crippen molar-refractivity contribution in [2.75, 3.05) is 0 Å². The monoisotopic (exact) mass is 171 g/mol. The fourth-order valence-electron chi connectivity index (χ4n) is 1.11. The van der Waals surface area contributed by atoms with Gasteiger partial charge in [0.1, 0.15) is 0 Å². The zero-order chi connectivity index (χ0) is 9.14. The number of carboxylic acid groups (broad SMARTS) is 1. The third kappa shape index (κ3) is 2.05. The van der Waals surface area contributed by atoms with Gasteiger partial charge in [0.2, 0.25) is 5.91 Å². The maximum atomic E-state index is 10.9. The van der Waals surface area contributed by atoms with Crippen molar-refractivity contribution in [2.24, 2.45) is 0 Å². The Bertz CT molecular complexity index is 236. The van der Waals surface area contributed by atoms with Crippen LogP contribution >= 0.6 is 0 Å². The average molecular weight is 171 g/mol. The van der Waals surface area contributed by atoms with Crippen molar-refractivity contribution in [3.8, 4) is 0 Å². The molecule has 5 nitrogen and oxygen atoms in total. The van der Waals surface area contributed by atoms with Crippen molar-refractivity contribution in [2.45, 2.75) is 25.3 Å². The summed E-state index contributed by atoms with van der Waals surface area (Å²) in [6.45, 7) is 0. The fraction of sp³-hybridized carbons (Fsp3) is 0.571. The van der Waals surface area contributed by atoms with E-state index in [2.05, 4.69) is 5.32 Å². The van der Waals surface area contributed by atoms with Crippen LogP contribution in [0.4, 0.5) is 0 Å². The van der Waals surface area contributed by atoms with Crippen LogP contribution in [0.5, 0.6) is 0 Å². The number of Topliss-reactive ketones (excluding diaryl/α,β-unsaturated/α-hetero) is 1. The quantitative estimate of drug-likeness (QED) is 0.550. The molecule has 12 heavy (non-hydrogen) atoms. The first kappa shape index (κ1) is 8.70. The predicted molar refractivity (Wildman–Crippen MR) is 38.4 cm³/mol. The number of amides is 1. The lowest BCUT2D eigenvalue weighted by Crippen LogP contribution is -2.29. The minimum absolute atomic E-state index is 0.0866. The molecule has 1 saturated heterocycles. The van der Waals surface area contributed by atoms with Crippen LogP contribution in [0.15, 0.2) is 0 Å². The number of ketones is 1. The molecule has 66 valence electrons. The van der Waals surface area contributed by atoms with Crippen molar-refractivity contribution in [3.05, 3.63) is 0 Å². The predicted octanol–water partition coefficient (Wildman–Crippen LogP) is -0.691. The molecule has 0 aromatic rings. The maximum absolute atomic E-state index is 10.9. The highest BCUT2D eigenvalue weighted by atomic mass is 16.4. The minimum atomic E-state index is -0.955. The van der Waals surface area contributed by atoms with Gasteiger partial charge >= 0.3 is 5.97 Å². The SMILES string of the molecule is O=C(O)CC[C@H]1NC(=O)CC1=O. The molecule has 5 heteroatoms. The molecule has 0 aliphatic carbocycles. The highest BCUT2D eigenvalue weighted by Crippen LogP contribution is 2.07. The molecule has 0 unspecified atom stereocenters. The van der Waals surface area contributed by atoms with E-state index in [0.717, 1.165) is 0 Å². The number of hydrogen-bond acceptors (Lipinski definition) is 3. The standard InChI is InChI=1S/C7H9NO4/c9-5-3-6(10)8-4(5)1-2-7(11)12/h4H,1-3H2,(H,8,10)(H,11,12)/t4-/m1/s1. The van der Waals surface area contributed by atoms with Crippen LogP contribution in [0.1, 0.15) is 19.3 Å². The number of aliphatic carboxylic acids is 1. The van der Waals surface area contributed by atoms with E-state index >= 15 is 0 Å². The zero-order valence-electron chi connectivity index (χ0n) is 6.37. The number of carboxylic acids is 1. The Labute approximate surface area is 68.8 Å². The molecule has 0 saturated carbocycles. The Kier molecular flexibility index (Phi) is 2.42. The second-order valence-corrected chi connectivity index (χ2v) is 2.70. The number of nitrogens with one attached hydrogen (secondary N) is 1. The molecule has 2 N–H and O–H groups in total. The first-order valence-corrected chi connectivity index (χ1v) is 3.63. The lowest BCUT2D eigenvalue weighted by Gasteiger charge is -2.04. The van der Waals surface area contributed by atoms with Crippen LogP contribution < -0.4 is 5.32 Å². The van der Waals surface area contributed by atoms with Gasteiger partial charge in [-0.2, -0.15) is 0 Å². The molecule has 0 aromatic heterocycles. The molecule has 0 radical (unpaired) electrons. The first-order chi connectivity index (χ1) is 5.59. The summed E-state index contributed by atoms with van der Waals surface area (Å²) in [5.74, 6) is -1.47. The number of rotatable bonds is 3. The Morgan fingerprint density at radius 1 is 1.58 bits per heavy atom. The van der Waals surface area contributed by atoms with Gasteiger partial charge in [-0.15, -0.1) is 0 Å². The maximum Gasteiger partial charge on any atom is 0.303 e. The van der Waals surface area contributed by atoms with E-state index in [1.807, 2.05) is 0 Å². The summed E-state index contributed by atoms with van der Waals surface area (Å²) in [6.07, 6.45) is 0.000872. The lowest BCUT2D eigenvalue weighted by atomic mass is 10.1. The van der Waals surface area contributed by atoms with E-state index in [4.69, 9.17) is 5.11 Å². The smallest absolute Gasteiger partial charge is 0.303 e. The van der Waals surface area contributed by atoms with E-state index in [9.17, 15) is 14.4 Å². The lowest BCUT2D eigenvalue weighted by molar-refractivity contribution is -0.137. The van der Waals surface area contributed by atoms with Crippen LogP contribution in [0.25, 0.3) is 0 Å². The van der Waals surface area contributed by atoms with Gasteiger partial charge in [0.15, 0.2) is 5.78 Å². The summed E-state index contributed by atoms with van der Waals surface area (Å²) in [5, 5.41) is 10.7. The Balaban J connectivity index is 2.38. The molecule has 0 spiro atoms. The number of hydrogen-bond donors (Lipinski definition) is 2. The summed E-state index contributed by atoms with van der Waals surface area (Å²) in [5.41, 5.74) is 0. The molecule has 1 aliphatic heterocycles. The van der Waals surface area contributed by atoms with Crippen molar-refractivity contribution in [1.82, 2.24) is 5.32 Å². The third-order valence-corrected chi connectivity index (χ3v) is 1.71. The molecule has 0 aromatic carbocycles. The van der Waals surface area contributed by atoms with Crippen molar-refractivity contribution < 1.29 is 19.5 Å². The molecular weight excluding hydrogens is 162 g/mol. The van der Waals surface area contributed by atoms with Gasteiger partial charge in [0, 0.05) is 6.42 Å². The van der Waals surface area contributed by atoms with Crippen LogP contribution in [0.2, 0.25) is 0 Å². The van der Waals surface area contributed by atoms with Gasteiger partial charge in [-0.05, 0) is 6.42 Å². The minimum Gasteiger partial charge on any atom is -0.481 e. The summed E-state index contributed by atoms with van der Waals surface area (Å²) in [6, 6.07) is -0.575. The summed E-state index contributed by atoms with van der Waals surface area (Å²) in [7, 11) is 0. The normalized spacial score (nSPS) is 22.5. The van der Waals surface area contributed by atoms with Crippen molar-refractivity contribution in [3.63, 3.8) is 0 Å². The van der Waals surface area contributed by atoms with Gasteiger partial charge in [-0.3, -0.25) is 14.4 Å². The summed E-state index contributed by atoms with van der Waals surface area (Å²) < 4.78 is 0. The fourth-order valence-corrected chi connectivity index (χ4v) is 1.11. The van der Waals surface area contributed by atoms with Gasteiger partial charge in [0.05, 0.1) is 12.5 Å². The molecule has 1 aliphatic rings. The Morgan fingerprint density at radius 3 is 2.67 bits per heavy atom. The average Bonchev–Trinajstić information content (AvgIpc) is 2.26. The van der Waals surface area contributed by atoms with Crippen LogP contribution in [-0.4, -0.2) is 28.8 Å². The van der Waals surface area contributed by atoms with Crippen molar-refractivity contribution in [1.29, 1.82) is 0 Å². The molecule has 1 heterocycles. The topological polar surface area (TPSA) is 83.5 Å². The van der Waals surface area contributed by atoms with Gasteiger partial charge < -0.3 is 10.4 Å². The number of carbonyl (C=O) groups excluding carboxylic acids is 2. The molecule has 1 rings (SSSR count). The van der Waals surface area contributed by atoms with Gasteiger partial charge in [0.25, 0.3) is 0 Å². The van der Waals surface area contributed by atoms with Crippen LogP contribution in [0, 0.1) is 0 Å². The van der Waals surface area contributed by atoms with E-state index in [1.165, 1.54) is 0 Å². The second kappa shape index (κ2) is 3.34. The van der Waals surface area contributed by atoms with E-state index in [0.29, 0.717) is 0 Å². The van der Waals surface area contributed by atoms with E-state index in [1.54, 1.807) is 0 Å². The van der Waals surface area contributed by atoms with E-state index < -0.39 is 12.0 Å². The second-order valence-electron chi connectivity index (χ2n) is 2.70. The largest absolute Gasteiger partial charge is 0.481 e. The number of carbonyl (C=O) groups is 3. The highest BCUT2D eigenvalue weighted by molar-refractivity contribution is 6.07. The molecule has 1 fully saturated rings. The Hall–Kier alpha value is -1.39. The van der Waals surface area contributed by atoms with E-state index in [-0.39, 0.29) is 31.0 Å². The molecule has 1 amide bonds. The van der Waals surface area contributed by atoms with Crippen molar-refractivity contribution >= 4 is 17.7 Å².